The standard InChI is InChI=1S/C16H12ClNO5/c1-10(15(19)11-5-3-2-4-6-11)23-16(20)13-8-7-12(18(21)22)9-14(13)17/h2-10H,1H3. The molecule has 0 N–H and O–H groups in total. The van der Waals surface area contributed by atoms with Crippen molar-refractivity contribution >= 4 is 29.0 Å². The van der Waals surface area contributed by atoms with Gasteiger partial charge in [0.25, 0.3) is 5.69 Å². The molecule has 0 heterocycles. The Morgan fingerprint density at radius 2 is 1.83 bits per heavy atom. The highest BCUT2D eigenvalue weighted by molar-refractivity contribution is 6.33. The lowest BCUT2D eigenvalue weighted by Gasteiger charge is -2.13. The molecule has 1 unspecified atom stereocenters. The van der Waals surface area contributed by atoms with E-state index < -0.39 is 17.0 Å². The van der Waals surface area contributed by atoms with E-state index in [2.05, 4.69) is 0 Å². The molecule has 118 valence electrons. The van der Waals surface area contributed by atoms with Gasteiger partial charge in [0, 0.05) is 17.7 Å². The van der Waals surface area contributed by atoms with Gasteiger partial charge in [-0.2, -0.15) is 0 Å². The number of esters is 1. The second-order valence-corrected chi connectivity index (χ2v) is 5.11. The van der Waals surface area contributed by atoms with E-state index >= 15 is 0 Å². The quantitative estimate of drug-likeness (QED) is 0.360. The van der Waals surface area contributed by atoms with Gasteiger partial charge in [0.1, 0.15) is 0 Å². The van der Waals surface area contributed by atoms with Crippen molar-refractivity contribution in [3.8, 4) is 0 Å². The molecule has 0 aliphatic carbocycles. The fraction of sp³-hybridized carbons (Fsp3) is 0.125. The van der Waals surface area contributed by atoms with E-state index in [1.165, 1.54) is 13.0 Å². The van der Waals surface area contributed by atoms with Gasteiger partial charge in [-0.3, -0.25) is 14.9 Å². The predicted octanol–water partition coefficient (Wildman–Crippen LogP) is 3.68. The largest absolute Gasteiger partial charge is 0.451 e. The number of non-ortho nitro benzene ring substituents is 1. The van der Waals surface area contributed by atoms with Gasteiger partial charge in [-0.25, -0.2) is 4.79 Å². The third-order valence-corrected chi connectivity index (χ3v) is 3.41. The van der Waals surface area contributed by atoms with Gasteiger partial charge in [0.05, 0.1) is 15.5 Å². The molecule has 0 aliphatic rings. The number of hydrogen-bond acceptors (Lipinski definition) is 5. The van der Waals surface area contributed by atoms with Gasteiger partial charge in [-0.15, -0.1) is 0 Å². The zero-order valence-corrected chi connectivity index (χ0v) is 12.8. The molecule has 1 atom stereocenters. The average molecular weight is 334 g/mol. The summed E-state index contributed by atoms with van der Waals surface area (Å²) in [6, 6.07) is 11.8. The third kappa shape index (κ3) is 3.92. The Morgan fingerprint density at radius 1 is 1.17 bits per heavy atom. The van der Waals surface area contributed by atoms with E-state index in [0.717, 1.165) is 12.1 Å². The Labute approximate surface area is 136 Å². The van der Waals surface area contributed by atoms with Crippen LogP contribution < -0.4 is 0 Å². The van der Waals surface area contributed by atoms with Crippen LogP contribution in [0.25, 0.3) is 0 Å². The van der Waals surface area contributed by atoms with Crippen molar-refractivity contribution in [2.24, 2.45) is 0 Å². The van der Waals surface area contributed by atoms with Crippen LogP contribution in [0.15, 0.2) is 48.5 Å². The summed E-state index contributed by atoms with van der Waals surface area (Å²) in [6.07, 6.45) is -1.00. The lowest BCUT2D eigenvalue weighted by molar-refractivity contribution is -0.384. The SMILES string of the molecule is CC(OC(=O)c1ccc([N+](=O)[O-])cc1Cl)C(=O)c1ccccc1. The zero-order chi connectivity index (χ0) is 17.0. The smallest absolute Gasteiger partial charge is 0.340 e. The highest BCUT2D eigenvalue weighted by Gasteiger charge is 2.22. The van der Waals surface area contributed by atoms with Crippen molar-refractivity contribution in [2.45, 2.75) is 13.0 Å². The van der Waals surface area contributed by atoms with Gasteiger partial charge < -0.3 is 4.74 Å². The molecule has 0 amide bonds. The number of Topliss-reactive ketones (excluding diaryl/α,β-unsaturated/α-hetero) is 1. The van der Waals surface area contributed by atoms with E-state index in [4.69, 9.17) is 16.3 Å². The summed E-state index contributed by atoms with van der Waals surface area (Å²) in [5.41, 5.74) is 0.146. The van der Waals surface area contributed by atoms with E-state index in [9.17, 15) is 19.7 Å². The first-order valence-electron chi connectivity index (χ1n) is 6.64. The zero-order valence-electron chi connectivity index (χ0n) is 12.1. The summed E-state index contributed by atoms with van der Waals surface area (Å²) < 4.78 is 5.09. The molecule has 0 bridgehead atoms. The van der Waals surface area contributed by atoms with Gasteiger partial charge in [-0.1, -0.05) is 41.9 Å². The summed E-state index contributed by atoms with van der Waals surface area (Å²) in [4.78, 5) is 34.2. The summed E-state index contributed by atoms with van der Waals surface area (Å²) in [6.45, 7) is 1.45. The van der Waals surface area contributed by atoms with Crippen molar-refractivity contribution in [3.63, 3.8) is 0 Å². The molecule has 0 fully saturated rings. The molecule has 0 aromatic heterocycles. The van der Waals surface area contributed by atoms with Crippen LogP contribution in [-0.4, -0.2) is 22.8 Å². The highest BCUT2D eigenvalue weighted by Crippen LogP contribution is 2.23. The second-order valence-electron chi connectivity index (χ2n) is 4.70. The van der Waals surface area contributed by atoms with Crippen LogP contribution in [0, 0.1) is 10.1 Å². The van der Waals surface area contributed by atoms with Crippen LogP contribution in [0.2, 0.25) is 5.02 Å². The van der Waals surface area contributed by atoms with Crippen molar-refractivity contribution < 1.29 is 19.2 Å². The van der Waals surface area contributed by atoms with Gasteiger partial charge in [0.2, 0.25) is 5.78 Å². The van der Waals surface area contributed by atoms with Gasteiger partial charge in [-0.05, 0) is 13.0 Å². The number of carbonyl (C=O) groups excluding carboxylic acids is 2. The van der Waals surface area contributed by atoms with Crippen LogP contribution in [0.4, 0.5) is 5.69 Å². The molecule has 2 rings (SSSR count). The Kier molecular flexibility index (Phi) is 5.08. The van der Waals surface area contributed by atoms with E-state index in [1.54, 1.807) is 30.3 Å². The van der Waals surface area contributed by atoms with Gasteiger partial charge in [0.15, 0.2) is 6.10 Å². The predicted molar refractivity (Wildman–Crippen MR) is 83.8 cm³/mol. The number of hydrogen-bond donors (Lipinski definition) is 0. The van der Waals surface area contributed by atoms with Crippen LogP contribution in [0.1, 0.15) is 27.6 Å². The minimum atomic E-state index is -1.00. The molecule has 0 aliphatic heterocycles. The fourth-order valence-corrected chi connectivity index (χ4v) is 2.15. The van der Waals surface area contributed by atoms with Crippen molar-refractivity contribution in [3.05, 3.63) is 74.8 Å². The summed E-state index contributed by atoms with van der Waals surface area (Å²) >= 11 is 5.86. The Bertz CT molecular complexity index is 760. The van der Waals surface area contributed by atoms with Crippen LogP contribution in [0.3, 0.4) is 0 Å². The number of nitro benzene ring substituents is 1. The third-order valence-electron chi connectivity index (χ3n) is 3.09. The molecule has 2 aromatic rings. The molecule has 6 nitrogen and oxygen atoms in total. The molecule has 0 spiro atoms. The Hall–Kier alpha value is -2.73. The molecule has 0 radical (unpaired) electrons. The van der Waals surface area contributed by atoms with Gasteiger partial charge >= 0.3 is 5.97 Å². The number of nitrogens with zero attached hydrogens (tertiary/aromatic N) is 1. The Balaban J connectivity index is 2.13. The summed E-state index contributed by atoms with van der Waals surface area (Å²) in [5, 5.41) is 10.5. The number of ketones is 1. The number of rotatable bonds is 5. The normalized spacial score (nSPS) is 11.6. The monoisotopic (exact) mass is 333 g/mol. The molecule has 7 heteroatoms. The average Bonchev–Trinajstić information content (AvgIpc) is 2.54. The topological polar surface area (TPSA) is 86.5 Å². The first kappa shape index (κ1) is 16.6. The maximum absolute atomic E-state index is 12.1. The second kappa shape index (κ2) is 7.02. The number of carbonyl (C=O) groups is 2. The molecular formula is C16H12ClNO5. The number of ether oxygens (including phenoxy) is 1. The summed E-state index contributed by atoms with van der Waals surface area (Å²) in [5.74, 6) is -1.17. The lowest BCUT2D eigenvalue weighted by Crippen LogP contribution is -2.24. The summed E-state index contributed by atoms with van der Waals surface area (Å²) in [7, 11) is 0. The van der Waals surface area contributed by atoms with Crippen molar-refractivity contribution in [1.82, 2.24) is 0 Å². The molecule has 2 aromatic carbocycles. The molecule has 23 heavy (non-hydrogen) atoms. The first-order chi connectivity index (χ1) is 10.9. The van der Waals surface area contributed by atoms with Crippen molar-refractivity contribution in [2.75, 3.05) is 0 Å². The van der Waals surface area contributed by atoms with Crippen LogP contribution in [-0.2, 0) is 4.74 Å². The molecular weight excluding hydrogens is 322 g/mol. The maximum Gasteiger partial charge on any atom is 0.340 e. The first-order valence-corrected chi connectivity index (χ1v) is 7.02. The number of nitro groups is 1. The lowest BCUT2D eigenvalue weighted by atomic mass is 10.1. The van der Waals surface area contributed by atoms with Crippen LogP contribution >= 0.6 is 11.6 Å². The van der Waals surface area contributed by atoms with E-state index in [-0.39, 0.29) is 22.1 Å². The minimum Gasteiger partial charge on any atom is -0.451 e. The maximum atomic E-state index is 12.1. The minimum absolute atomic E-state index is 0.0371. The molecule has 0 saturated carbocycles. The van der Waals surface area contributed by atoms with Crippen molar-refractivity contribution in [1.29, 1.82) is 0 Å². The number of halogens is 1. The van der Waals surface area contributed by atoms with Crippen LogP contribution in [0.5, 0.6) is 0 Å². The van der Waals surface area contributed by atoms with E-state index in [1.807, 2.05) is 0 Å². The Morgan fingerprint density at radius 3 is 2.39 bits per heavy atom. The molecule has 0 saturated heterocycles. The fourth-order valence-electron chi connectivity index (χ4n) is 1.90. The number of benzene rings is 2. The van der Waals surface area contributed by atoms with E-state index in [0.29, 0.717) is 5.56 Å². The highest BCUT2D eigenvalue weighted by atomic mass is 35.5.